The second-order valence-corrected chi connectivity index (χ2v) is 10.6. The molecule has 1 amide bonds. The highest BCUT2D eigenvalue weighted by Gasteiger charge is 2.45. The molecule has 3 fully saturated rings. The quantitative estimate of drug-likeness (QED) is 0.488. The predicted molar refractivity (Wildman–Crippen MR) is 119 cm³/mol. The minimum Gasteiger partial charge on any atom is -0.392 e. The molecular weight excluding hydrogens is 378 g/mol. The molecule has 3 aliphatic rings. The van der Waals surface area contributed by atoms with Crippen LogP contribution in [0.4, 0.5) is 0 Å². The van der Waals surface area contributed by atoms with Crippen molar-refractivity contribution >= 4 is 5.91 Å². The molecule has 0 bridgehead atoms. The van der Waals surface area contributed by atoms with Gasteiger partial charge in [0, 0.05) is 18.5 Å². The summed E-state index contributed by atoms with van der Waals surface area (Å²) < 4.78 is 5.62. The van der Waals surface area contributed by atoms with E-state index in [1.54, 1.807) is 4.90 Å². The van der Waals surface area contributed by atoms with Gasteiger partial charge in [0.2, 0.25) is 5.91 Å². The molecule has 0 radical (unpaired) electrons. The fourth-order valence-electron chi connectivity index (χ4n) is 5.43. The Labute approximate surface area is 182 Å². The Morgan fingerprint density at radius 1 is 1.27 bits per heavy atom. The Morgan fingerprint density at radius 2 is 1.97 bits per heavy atom. The van der Waals surface area contributed by atoms with E-state index in [0.29, 0.717) is 24.4 Å². The molecule has 5 heteroatoms. The smallest absolute Gasteiger partial charge is 0.248 e. The maximum Gasteiger partial charge on any atom is 0.248 e. The lowest BCUT2D eigenvalue weighted by molar-refractivity contribution is -0.138. The van der Waals surface area contributed by atoms with Gasteiger partial charge < -0.3 is 19.8 Å². The van der Waals surface area contributed by atoms with Crippen LogP contribution in [-0.2, 0) is 9.53 Å². The van der Waals surface area contributed by atoms with Gasteiger partial charge in [-0.1, -0.05) is 36.6 Å². The summed E-state index contributed by atoms with van der Waals surface area (Å²) in [6.45, 7) is 6.60. The number of carbonyl (C=O) groups excluding carboxylic acids is 1. The van der Waals surface area contributed by atoms with Crippen molar-refractivity contribution in [2.75, 3.05) is 20.3 Å². The zero-order valence-corrected chi connectivity index (χ0v) is 19.2. The first kappa shape index (κ1) is 23.5. The summed E-state index contributed by atoms with van der Waals surface area (Å²) in [7, 11) is 1.81. The summed E-state index contributed by atoms with van der Waals surface area (Å²) in [4.78, 5) is 13.9. The van der Waals surface area contributed by atoms with Crippen molar-refractivity contribution in [3.8, 4) is 0 Å². The molecule has 3 rings (SSSR count). The minimum absolute atomic E-state index is 0.00154. The summed E-state index contributed by atoms with van der Waals surface area (Å²) in [6, 6.07) is 0. The third-order valence-corrected chi connectivity index (χ3v) is 7.62. The molecule has 0 heterocycles. The number of aliphatic hydroxyl groups is 2. The fourth-order valence-corrected chi connectivity index (χ4v) is 5.43. The van der Waals surface area contributed by atoms with Crippen LogP contribution >= 0.6 is 0 Å². The number of ether oxygens (including phenoxy) is 1. The first-order valence-electron chi connectivity index (χ1n) is 11.7. The Balaban J connectivity index is 1.47. The van der Waals surface area contributed by atoms with Crippen LogP contribution < -0.4 is 0 Å². The molecule has 30 heavy (non-hydrogen) atoms. The van der Waals surface area contributed by atoms with E-state index in [-0.39, 0.29) is 36.2 Å². The lowest BCUT2D eigenvalue weighted by Crippen LogP contribution is -2.44. The van der Waals surface area contributed by atoms with Gasteiger partial charge in [-0.2, -0.15) is 0 Å². The topological polar surface area (TPSA) is 70.0 Å². The molecule has 5 atom stereocenters. The van der Waals surface area contributed by atoms with E-state index < -0.39 is 0 Å². The van der Waals surface area contributed by atoms with Gasteiger partial charge in [-0.05, 0) is 70.6 Å². The number of hydrogen-bond donors (Lipinski definition) is 2. The van der Waals surface area contributed by atoms with E-state index in [1.165, 1.54) is 18.4 Å². The van der Waals surface area contributed by atoms with Crippen molar-refractivity contribution in [1.82, 2.24) is 4.90 Å². The maximum atomic E-state index is 12.2. The zero-order valence-electron chi connectivity index (χ0n) is 19.2. The molecule has 0 aromatic carbocycles. The van der Waals surface area contributed by atoms with E-state index in [0.717, 1.165) is 32.1 Å². The van der Waals surface area contributed by atoms with Crippen molar-refractivity contribution in [2.24, 2.45) is 23.7 Å². The highest BCUT2D eigenvalue weighted by Crippen LogP contribution is 2.50. The standard InChI is InChI=1S/C25H41NO4/c1-25(2,3)26(4)24(29)16-30-12-11-17-13-19-15-23(28)20(21(19)14-17)9-10-22(27)18-7-5-6-8-18/h9-11,18-23,27-28H,5-8,12-16H2,1-4H3/b10-9+,17-11?/t19-,20+,21-,22-,23+/m0/s1. The van der Waals surface area contributed by atoms with Crippen molar-refractivity contribution in [3.05, 3.63) is 23.8 Å². The van der Waals surface area contributed by atoms with Gasteiger partial charge in [0.1, 0.15) is 6.61 Å². The van der Waals surface area contributed by atoms with Crippen molar-refractivity contribution in [3.63, 3.8) is 0 Å². The predicted octanol–water partition coefficient (Wildman–Crippen LogP) is 3.70. The molecule has 0 aromatic rings. The number of carbonyl (C=O) groups is 1. The average molecular weight is 420 g/mol. The van der Waals surface area contributed by atoms with Crippen LogP contribution in [0.1, 0.15) is 65.7 Å². The molecule has 170 valence electrons. The van der Waals surface area contributed by atoms with Gasteiger partial charge in [-0.15, -0.1) is 0 Å². The molecule has 0 aromatic heterocycles. The summed E-state index contributed by atoms with van der Waals surface area (Å²) >= 11 is 0. The van der Waals surface area contributed by atoms with Crippen LogP contribution in [0.15, 0.2) is 23.8 Å². The number of likely N-dealkylation sites (N-methyl/N-ethyl adjacent to an activating group) is 1. The van der Waals surface area contributed by atoms with Gasteiger partial charge in [0.15, 0.2) is 0 Å². The van der Waals surface area contributed by atoms with Gasteiger partial charge in [-0.25, -0.2) is 0 Å². The second-order valence-electron chi connectivity index (χ2n) is 10.6. The number of amides is 1. The van der Waals surface area contributed by atoms with Crippen molar-refractivity contribution in [2.45, 2.75) is 83.5 Å². The van der Waals surface area contributed by atoms with Crippen LogP contribution in [0, 0.1) is 23.7 Å². The third kappa shape index (κ3) is 5.74. The second kappa shape index (κ2) is 9.97. The van der Waals surface area contributed by atoms with Crippen LogP contribution in [0.3, 0.4) is 0 Å². The Morgan fingerprint density at radius 3 is 2.63 bits per heavy atom. The molecule has 2 N–H and O–H groups in total. The molecule has 3 saturated carbocycles. The number of rotatable bonds is 7. The summed E-state index contributed by atoms with van der Waals surface area (Å²) in [5.74, 6) is 1.50. The number of aliphatic hydroxyl groups excluding tert-OH is 2. The van der Waals surface area contributed by atoms with Gasteiger partial charge >= 0.3 is 0 Å². The van der Waals surface area contributed by atoms with Crippen LogP contribution in [0.2, 0.25) is 0 Å². The van der Waals surface area contributed by atoms with Gasteiger partial charge in [0.25, 0.3) is 0 Å². The Bertz CT molecular complexity index is 644. The fraction of sp³-hybridized carbons (Fsp3) is 0.800. The monoisotopic (exact) mass is 419 g/mol. The largest absolute Gasteiger partial charge is 0.392 e. The highest BCUT2D eigenvalue weighted by molar-refractivity contribution is 5.77. The van der Waals surface area contributed by atoms with Crippen LogP contribution in [-0.4, -0.2) is 59.0 Å². The summed E-state index contributed by atoms with van der Waals surface area (Å²) in [5, 5.41) is 21.0. The Kier molecular flexibility index (Phi) is 7.81. The molecular formula is C25H41NO4. The van der Waals surface area contributed by atoms with Gasteiger partial charge in [0.05, 0.1) is 18.8 Å². The molecule has 0 spiro atoms. The maximum absolute atomic E-state index is 12.2. The first-order chi connectivity index (χ1) is 14.2. The van der Waals surface area contributed by atoms with E-state index >= 15 is 0 Å². The summed E-state index contributed by atoms with van der Waals surface area (Å²) in [5.41, 5.74) is 1.18. The average Bonchev–Trinajstić information content (AvgIpc) is 3.39. The summed E-state index contributed by atoms with van der Waals surface area (Å²) in [6.07, 6.45) is 13.0. The first-order valence-corrected chi connectivity index (χ1v) is 11.7. The molecule has 3 aliphatic carbocycles. The van der Waals surface area contributed by atoms with E-state index in [9.17, 15) is 15.0 Å². The molecule has 0 saturated heterocycles. The number of fused-ring (bicyclic) bond motifs is 1. The van der Waals surface area contributed by atoms with E-state index in [4.69, 9.17) is 4.74 Å². The number of nitrogens with zero attached hydrogens (tertiary/aromatic N) is 1. The van der Waals surface area contributed by atoms with E-state index in [2.05, 4.69) is 12.2 Å². The zero-order chi connectivity index (χ0) is 21.9. The molecule has 0 aliphatic heterocycles. The molecule has 5 nitrogen and oxygen atoms in total. The normalized spacial score (nSPS) is 32.3. The molecule has 0 unspecified atom stereocenters. The van der Waals surface area contributed by atoms with E-state index in [1.807, 2.05) is 33.9 Å². The SMILES string of the molecule is CN(C(=O)COCC=C1C[C@H]2C[C@@H](O)[C@H](/C=C/[C@H](O)C3CCCC3)[C@H]2C1)C(C)(C)C. The highest BCUT2D eigenvalue weighted by atomic mass is 16.5. The van der Waals surface area contributed by atoms with Crippen LogP contribution in [0.5, 0.6) is 0 Å². The lowest BCUT2D eigenvalue weighted by atomic mass is 9.89. The third-order valence-electron chi connectivity index (χ3n) is 7.62. The lowest BCUT2D eigenvalue weighted by Gasteiger charge is -2.31. The number of allylic oxidation sites excluding steroid dienone is 1. The van der Waals surface area contributed by atoms with Crippen molar-refractivity contribution in [1.29, 1.82) is 0 Å². The minimum atomic E-state index is -0.368. The number of hydrogen-bond acceptors (Lipinski definition) is 4. The van der Waals surface area contributed by atoms with Crippen molar-refractivity contribution < 1.29 is 19.7 Å². The Hall–Kier alpha value is -1.17. The van der Waals surface area contributed by atoms with Gasteiger partial charge in [-0.3, -0.25) is 4.79 Å². The van der Waals surface area contributed by atoms with Crippen LogP contribution in [0.25, 0.3) is 0 Å².